The molecule has 0 aliphatic carbocycles. The van der Waals surface area contributed by atoms with Crippen LogP contribution in [-0.2, 0) is 19.1 Å². The van der Waals surface area contributed by atoms with Crippen molar-refractivity contribution in [3.8, 4) is 0 Å². The lowest BCUT2D eigenvalue weighted by atomic mass is 9.94. The van der Waals surface area contributed by atoms with Crippen molar-refractivity contribution in [3.63, 3.8) is 0 Å². The molecule has 7 heteroatoms. The highest BCUT2D eigenvalue weighted by atomic mass is 32.2. The number of unbranched alkanes of at least 4 members (excludes halogenated alkanes) is 1. The summed E-state index contributed by atoms with van der Waals surface area (Å²) in [5.74, 6) is 1.90. The van der Waals surface area contributed by atoms with Crippen molar-refractivity contribution in [1.29, 1.82) is 0 Å². The second-order valence-corrected chi connectivity index (χ2v) is 7.94. The quantitative estimate of drug-likeness (QED) is 0.482. The fraction of sp³-hybridized carbons (Fsp3) is 0.889. The summed E-state index contributed by atoms with van der Waals surface area (Å²) >= 11 is 1.98. The van der Waals surface area contributed by atoms with Gasteiger partial charge in [0, 0.05) is 55.6 Å². The predicted octanol–water partition coefficient (Wildman–Crippen LogP) is 1.73. The van der Waals surface area contributed by atoms with Gasteiger partial charge in [-0.25, -0.2) is 0 Å². The lowest BCUT2D eigenvalue weighted by Crippen LogP contribution is -2.29. The lowest BCUT2D eigenvalue weighted by molar-refractivity contribution is -0.121. The number of hydrogen-bond acceptors (Lipinski definition) is 5. The smallest absolute Gasteiger partial charge is 0.220 e. The molecule has 25 heavy (non-hydrogen) atoms. The van der Waals surface area contributed by atoms with Gasteiger partial charge in [-0.1, -0.05) is 6.42 Å². The highest BCUT2D eigenvalue weighted by Crippen LogP contribution is 2.40. The standard InChI is InChI=1S/C18H32N2O4S/c1-2-23-10-11-24-9-5-8-19-17(21)7-4-3-6-16-14-12-18(22)20-15(14)13-25-16/h14-16H,2-13H2,1H3,(H,19,21)(H,20,22)/t14-,15-,16-/m1/s1. The van der Waals surface area contributed by atoms with Crippen molar-refractivity contribution < 1.29 is 19.1 Å². The normalized spacial score (nSPS) is 25.0. The maximum atomic E-state index is 11.8. The van der Waals surface area contributed by atoms with Crippen molar-refractivity contribution in [2.45, 2.75) is 56.7 Å². The summed E-state index contributed by atoms with van der Waals surface area (Å²) in [6.45, 7) is 5.25. The van der Waals surface area contributed by atoms with Crippen LogP contribution in [0.15, 0.2) is 0 Å². The summed E-state index contributed by atoms with van der Waals surface area (Å²) in [7, 11) is 0. The number of fused-ring (bicyclic) bond motifs is 1. The van der Waals surface area contributed by atoms with Crippen LogP contribution in [0.1, 0.15) is 45.4 Å². The van der Waals surface area contributed by atoms with Crippen LogP contribution >= 0.6 is 11.8 Å². The van der Waals surface area contributed by atoms with Gasteiger partial charge < -0.3 is 20.1 Å². The third kappa shape index (κ3) is 7.54. The second-order valence-electron chi connectivity index (χ2n) is 6.67. The Hall–Kier alpha value is -0.790. The first-order valence-electron chi connectivity index (χ1n) is 9.54. The Labute approximate surface area is 155 Å². The molecule has 2 saturated heterocycles. The van der Waals surface area contributed by atoms with E-state index in [9.17, 15) is 9.59 Å². The van der Waals surface area contributed by atoms with E-state index in [1.54, 1.807) is 0 Å². The van der Waals surface area contributed by atoms with Gasteiger partial charge in [-0.2, -0.15) is 11.8 Å². The van der Waals surface area contributed by atoms with Crippen LogP contribution in [0.25, 0.3) is 0 Å². The van der Waals surface area contributed by atoms with Gasteiger partial charge in [0.15, 0.2) is 0 Å². The van der Waals surface area contributed by atoms with E-state index in [2.05, 4.69) is 10.6 Å². The van der Waals surface area contributed by atoms with Crippen molar-refractivity contribution in [1.82, 2.24) is 10.6 Å². The SMILES string of the molecule is CCOCCOCCCNC(=O)CCCC[C@H]1SC[C@H]2NC(=O)C[C@H]21. The van der Waals surface area contributed by atoms with E-state index in [4.69, 9.17) is 9.47 Å². The molecule has 2 amide bonds. The van der Waals surface area contributed by atoms with Crippen LogP contribution in [0, 0.1) is 5.92 Å². The Morgan fingerprint density at radius 3 is 2.92 bits per heavy atom. The summed E-state index contributed by atoms with van der Waals surface area (Å²) in [5, 5.41) is 6.59. The molecule has 2 aliphatic rings. The molecule has 0 spiro atoms. The number of ether oxygens (including phenoxy) is 2. The highest BCUT2D eigenvalue weighted by molar-refractivity contribution is 8.00. The van der Waals surface area contributed by atoms with Crippen molar-refractivity contribution in [3.05, 3.63) is 0 Å². The largest absolute Gasteiger partial charge is 0.379 e. The maximum Gasteiger partial charge on any atom is 0.220 e. The van der Waals surface area contributed by atoms with Crippen molar-refractivity contribution in [2.75, 3.05) is 38.7 Å². The fourth-order valence-electron chi connectivity index (χ4n) is 3.42. The fourth-order valence-corrected chi connectivity index (χ4v) is 5.07. The Bertz CT molecular complexity index is 422. The molecule has 2 heterocycles. The monoisotopic (exact) mass is 372 g/mol. The van der Waals surface area contributed by atoms with Gasteiger partial charge in [-0.15, -0.1) is 0 Å². The summed E-state index contributed by atoms with van der Waals surface area (Å²) in [4.78, 5) is 23.3. The Balaban J connectivity index is 1.41. The first-order valence-corrected chi connectivity index (χ1v) is 10.6. The molecule has 2 rings (SSSR count). The number of amides is 2. The Kier molecular flexibility index (Phi) is 9.65. The molecule has 0 aromatic carbocycles. The first kappa shape index (κ1) is 20.5. The molecular formula is C18H32N2O4S. The molecule has 2 fully saturated rings. The molecule has 144 valence electrons. The lowest BCUT2D eigenvalue weighted by Gasteiger charge is -2.15. The third-order valence-corrected chi connectivity index (χ3v) is 6.32. The van der Waals surface area contributed by atoms with Crippen LogP contribution in [-0.4, -0.2) is 61.8 Å². The summed E-state index contributed by atoms with van der Waals surface area (Å²) < 4.78 is 10.6. The van der Waals surface area contributed by atoms with Crippen molar-refractivity contribution >= 4 is 23.6 Å². The van der Waals surface area contributed by atoms with E-state index in [-0.39, 0.29) is 11.8 Å². The predicted molar refractivity (Wildman–Crippen MR) is 99.7 cm³/mol. The zero-order chi connectivity index (χ0) is 17.9. The van der Waals surface area contributed by atoms with Crippen LogP contribution in [0.4, 0.5) is 0 Å². The highest BCUT2D eigenvalue weighted by Gasteiger charge is 2.42. The van der Waals surface area contributed by atoms with Crippen LogP contribution in [0.5, 0.6) is 0 Å². The molecule has 2 aliphatic heterocycles. The average Bonchev–Trinajstić information content (AvgIpc) is 3.13. The van der Waals surface area contributed by atoms with E-state index in [0.29, 0.717) is 56.4 Å². The minimum Gasteiger partial charge on any atom is -0.379 e. The molecule has 6 nitrogen and oxygen atoms in total. The zero-order valence-electron chi connectivity index (χ0n) is 15.3. The number of nitrogens with one attached hydrogen (secondary N) is 2. The van der Waals surface area contributed by atoms with E-state index < -0.39 is 0 Å². The van der Waals surface area contributed by atoms with Crippen LogP contribution in [0.2, 0.25) is 0 Å². The first-order chi connectivity index (χ1) is 12.2. The number of hydrogen-bond donors (Lipinski definition) is 2. The maximum absolute atomic E-state index is 11.8. The van der Waals surface area contributed by atoms with Gasteiger partial charge in [-0.05, 0) is 26.2 Å². The van der Waals surface area contributed by atoms with E-state index in [1.165, 1.54) is 0 Å². The second kappa shape index (κ2) is 11.8. The van der Waals surface area contributed by atoms with Crippen LogP contribution in [0.3, 0.4) is 0 Å². The van der Waals surface area contributed by atoms with Crippen molar-refractivity contribution in [2.24, 2.45) is 5.92 Å². The van der Waals surface area contributed by atoms with Crippen LogP contribution < -0.4 is 10.6 Å². The molecule has 3 atom stereocenters. The van der Waals surface area contributed by atoms with Gasteiger partial charge in [0.05, 0.1) is 13.2 Å². The summed E-state index contributed by atoms with van der Waals surface area (Å²) in [6, 6.07) is 0.390. The molecule has 0 unspecified atom stereocenters. The third-order valence-electron chi connectivity index (χ3n) is 4.76. The van der Waals surface area contributed by atoms with E-state index >= 15 is 0 Å². The minimum atomic E-state index is 0.129. The molecule has 0 saturated carbocycles. The van der Waals surface area contributed by atoms with Gasteiger partial charge in [0.2, 0.25) is 11.8 Å². The number of carbonyl (C=O) groups excluding carboxylic acids is 2. The minimum absolute atomic E-state index is 0.129. The average molecular weight is 373 g/mol. The molecule has 0 aromatic rings. The number of carbonyl (C=O) groups is 2. The Morgan fingerprint density at radius 2 is 2.08 bits per heavy atom. The summed E-state index contributed by atoms with van der Waals surface area (Å²) in [5.41, 5.74) is 0. The van der Waals surface area contributed by atoms with E-state index in [1.807, 2.05) is 18.7 Å². The zero-order valence-corrected chi connectivity index (χ0v) is 16.1. The topological polar surface area (TPSA) is 76.7 Å². The number of rotatable bonds is 13. The molecule has 0 aromatic heterocycles. The summed E-state index contributed by atoms with van der Waals surface area (Å²) in [6.07, 6.45) is 5.21. The Morgan fingerprint density at radius 1 is 1.24 bits per heavy atom. The molecular weight excluding hydrogens is 340 g/mol. The van der Waals surface area contributed by atoms with Gasteiger partial charge >= 0.3 is 0 Å². The van der Waals surface area contributed by atoms with Gasteiger partial charge in [0.1, 0.15) is 0 Å². The molecule has 2 N–H and O–H groups in total. The molecule has 0 bridgehead atoms. The van der Waals surface area contributed by atoms with E-state index in [0.717, 1.165) is 38.0 Å². The van der Waals surface area contributed by atoms with Gasteiger partial charge in [-0.3, -0.25) is 9.59 Å². The van der Waals surface area contributed by atoms with Gasteiger partial charge in [0.25, 0.3) is 0 Å². The molecule has 0 radical (unpaired) electrons. The number of thioether (sulfide) groups is 1.